The molecule has 0 saturated carbocycles. The molecule has 0 atom stereocenters. The van der Waals surface area contributed by atoms with E-state index in [0.717, 1.165) is 18.2 Å². The number of alkyl halides is 1. The average Bonchev–Trinajstić information content (AvgIpc) is 2.21. The lowest BCUT2D eigenvalue weighted by Gasteiger charge is -2.24. The van der Waals surface area contributed by atoms with E-state index in [4.69, 9.17) is 4.74 Å². The van der Waals surface area contributed by atoms with Crippen LogP contribution in [0.1, 0.15) is 33.6 Å². The Bertz CT molecular complexity index is 183. The maximum absolute atomic E-state index is 11.3. The summed E-state index contributed by atoms with van der Waals surface area (Å²) in [7, 11) is 0. The van der Waals surface area contributed by atoms with Gasteiger partial charge in [0.1, 0.15) is 6.61 Å². The van der Waals surface area contributed by atoms with E-state index in [9.17, 15) is 4.79 Å². The molecule has 0 fully saturated rings. The van der Waals surface area contributed by atoms with Gasteiger partial charge in [-0.15, -0.1) is 0 Å². The third kappa shape index (κ3) is 8.88. The van der Waals surface area contributed by atoms with Crippen LogP contribution in [0.4, 0.5) is 0 Å². The molecule has 0 aliphatic rings. The van der Waals surface area contributed by atoms with Crippen molar-refractivity contribution >= 4 is 21.8 Å². The molecular weight excluding hydrogens is 258 g/mol. The molecule has 1 N–H and O–H groups in total. The highest BCUT2D eigenvalue weighted by molar-refractivity contribution is 9.09. The number of halogens is 1. The van der Waals surface area contributed by atoms with E-state index in [1.54, 1.807) is 0 Å². The standard InChI is InChI=1S/C11H22BrNO2/c1-4-15-8-10(14)13-9-11(2,3)6-5-7-12/h4-9H2,1-3H3,(H,13,14). The van der Waals surface area contributed by atoms with Gasteiger partial charge in [0.15, 0.2) is 0 Å². The zero-order chi connectivity index (χ0) is 11.7. The van der Waals surface area contributed by atoms with E-state index in [2.05, 4.69) is 35.1 Å². The van der Waals surface area contributed by atoms with E-state index < -0.39 is 0 Å². The molecule has 15 heavy (non-hydrogen) atoms. The van der Waals surface area contributed by atoms with Crippen LogP contribution >= 0.6 is 15.9 Å². The molecule has 0 rings (SSSR count). The summed E-state index contributed by atoms with van der Waals surface area (Å²) in [6.45, 7) is 7.68. The SMILES string of the molecule is CCOCC(=O)NCC(C)(C)CCCBr. The van der Waals surface area contributed by atoms with Gasteiger partial charge in [0.05, 0.1) is 0 Å². The first-order chi connectivity index (χ1) is 7.02. The van der Waals surface area contributed by atoms with Crippen molar-refractivity contribution in [3.8, 4) is 0 Å². The van der Waals surface area contributed by atoms with Crippen molar-refractivity contribution in [2.45, 2.75) is 33.6 Å². The zero-order valence-electron chi connectivity index (χ0n) is 9.94. The Labute approximate surface area is 101 Å². The van der Waals surface area contributed by atoms with Gasteiger partial charge >= 0.3 is 0 Å². The Morgan fingerprint density at radius 2 is 2.13 bits per heavy atom. The fourth-order valence-corrected chi connectivity index (χ4v) is 1.50. The van der Waals surface area contributed by atoms with E-state index in [0.29, 0.717) is 13.2 Å². The molecule has 3 nitrogen and oxygen atoms in total. The molecule has 0 bridgehead atoms. The van der Waals surface area contributed by atoms with E-state index >= 15 is 0 Å². The number of rotatable bonds is 8. The molecular formula is C11H22BrNO2. The molecule has 0 aromatic carbocycles. The minimum atomic E-state index is -0.0243. The largest absolute Gasteiger partial charge is 0.372 e. The van der Waals surface area contributed by atoms with E-state index in [1.807, 2.05) is 6.92 Å². The zero-order valence-corrected chi connectivity index (χ0v) is 11.5. The number of amides is 1. The third-order valence-electron chi connectivity index (χ3n) is 2.19. The molecule has 0 unspecified atom stereocenters. The lowest BCUT2D eigenvalue weighted by molar-refractivity contribution is -0.126. The van der Waals surface area contributed by atoms with E-state index in [1.165, 1.54) is 0 Å². The number of carbonyl (C=O) groups is 1. The van der Waals surface area contributed by atoms with Crippen molar-refractivity contribution in [3.05, 3.63) is 0 Å². The lowest BCUT2D eigenvalue weighted by atomic mass is 9.88. The van der Waals surface area contributed by atoms with Crippen molar-refractivity contribution in [1.82, 2.24) is 5.32 Å². The van der Waals surface area contributed by atoms with Gasteiger partial charge in [-0.05, 0) is 25.2 Å². The maximum Gasteiger partial charge on any atom is 0.246 e. The summed E-state index contributed by atoms with van der Waals surface area (Å²) in [6.07, 6.45) is 2.24. The molecule has 0 heterocycles. The van der Waals surface area contributed by atoms with Gasteiger partial charge in [-0.3, -0.25) is 4.79 Å². The van der Waals surface area contributed by atoms with Crippen LogP contribution < -0.4 is 5.32 Å². The van der Waals surface area contributed by atoms with Gasteiger partial charge in [0.25, 0.3) is 0 Å². The molecule has 0 saturated heterocycles. The van der Waals surface area contributed by atoms with Crippen LogP contribution in [0, 0.1) is 5.41 Å². The van der Waals surface area contributed by atoms with Gasteiger partial charge < -0.3 is 10.1 Å². The molecule has 0 aliphatic carbocycles. The predicted octanol–water partition coefficient (Wildman–Crippen LogP) is 2.34. The fourth-order valence-electron chi connectivity index (χ4n) is 1.22. The molecule has 90 valence electrons. The highest BCUT2D eigenvalue weighted by Crippen LogP contribution is 2.21. The lowest BCUT2D eigenvalue weighted by Crippen LogP contribution is -2.36. The Balaban J connectivity index is 3.67. The summed E-state index contributed by atoms with van der Waals surface area (Å²) in [5.41, 5.74) is 0.162. The van der Waals surface area contributed by atoms with Crippen LogP contribution in [0.25, 0.3) is 0 Å². The Morgan fingerprint density at radius 3 is 2.67 bits per heavy atom. The normalized spacial score (nSPS) is 11.5. The topological polar surface area (TPSA) is 38.3 Å². The van der Waals surface area contributed by atoms with E-state index in [-0.39, 0.29) is 17.9 Å². The summed E-state index contributed by atoms with van der Waals surface area (Å²) >= 11 is 3.41. The van der Waals surface area contributed by atoms with Crippen LogP contribution in [0.3, 0.4) is 0 Å². The quantitative estimate of drug-likeness (QED) is 0.693. The molecule has 0 aromatic rings. The Hall–Kier alpha value is -0.0900. The van der Waals surface area contributed by atoms with Crippen molar-refractivity contribution in [2.24, 2.45) is 5.41 Å². The van der Waals surface area contributed by atoms with Crippen molar-refractivity contribution < 1.29 is 9.53 Å². The maximum atomic E-state index is 11.3. The van der Waals surface area contributed by atoms with Gasteiger partial charge in [0, 0.05) is 18.5 Å². The number of hydrogen-bond acceptors (Lipinski definition) is 2. The molecule has 0 radical (unpaired) electrons. The fraction of sp³-hybridized carbons (Fsp3) is 0.909. The summed E-state index contributed by atoms with van der Waals surface area (Å²) in [6, 6.07) is 0. The first kappa shape index (κ1) is 14.9. The van der Waals surface area contributed by atoms with Gasteiger partial charge in [0.2, 0.25) is 5.91 Å². The average molecular weight is 280 g/mol. The number of ether oxygens (including phenoxy) is 1. The van der Waals surface area contributed by atoms with Crippen LogP contribution in [0.5, 0.6) is 0 Å². The number of nitrogens with one attached hydrogen (secondary N) is 1. The third-order valence-corrected chi connectivity index (χ3v) is 2.75. The number of hydrogen-bond donors (Lipinski definition) is 1. The minimum Gasteiger partial charge on any atom is -0.372 e. The minimum absolute atomic E-state index is 0.0243. The van der Waals surface area contributed by atoms with Crippen molar-refractivity contribution in [2.75, 3.05) is 25.1 Å². The Kier molecular flexibility index (Phi) is 8.06. The second-order valence-corrected chi connectivity index (χ2v) is 5.16. The van der Waals surface area contributed by atoms with Crippen molar-refractivity contribution in [1.29, 1.82) is 0 Å². The highest BCUT2D eigenvalue weighted by atomic mass is 79.9. The molecule has 0 aliphatic heterocycles. The van der Waals surface area contributed by atoms with Gasteiger partial charge in [-0.1, -0.05) is 29.8 Å². The molecule has 1 amide bonds. The smallest absolute Gasteiger partial charge is 0.246 e. The molecule has 0 aromatic heterocycles. The monoisotopic (exact) mass is 279 g/mol. The summed E-state index contributed by atoms with van der Waals surface area (Å²) in [4.78, 5) is 11.3. The van der Waals surface area contributed by atoms with Crippen LogP contribution in [0.15, 0.2) is 0 Å². The molecule has 4 heteroatoms. The summed E-state index contributed by atoms with van der Waals surface area (Å²) < 4.78 is 5.02. The predicted molar refractivity (Wildman–Crippen MR) is 66.3 cm³/mol. The highest BCUT2D eigenvalue weighted by Gasteiger charge is 2.17. The first-order valence-electron chi connectivity index (χ1n) is 5.42. The summed E-state index contributed by atoms with van der Waals surface area (Å²) in [5, 5.41) is 3.90. The Morgan fingerprint density at radius 1 is 1.47 bits per heavy atom. The second-order valence-electron chi connectivity index (χ2n) is 4.37. The van der Waals surface area contributed by atoms with Crippen molar-refractivity contribution in [3.63, 3.8) is 0 Å². The number of carbonyl (C=O) groups excluding carboxylic acids is 1. The van der Waals surface area contributed by atoms with Crippen LogP contribution in [-0.2, 0) is 9.53 Å². The van der Waals surface area contributed by atoms with Crippen LogP contribution in [-0.4, -0.2) is 31.0 Å². The van der Waals surface area contributed by atoms with Gasteiger partial charge in [-0.2, -0.15) is 0 Å². The van der Waals surface area contributed by atoms with Gasteiger partial charge in [-0.25, -0.2) is 0 Å². The first-order valence-corrected chi connectivity index (χ1v) is 6.54. The summed E-state index contributed by atoms with van der Waals surface area (Å²) in [5.74, 6) is -0.0243. The molecule has 0 spiro atoms. The van der Waals surface area contributed by atoms with Crippen LogP contribution in [0.2, 0.25) is 0 Å². The second kappa shape index (κ2) is 8.11.